The Kier molecular flexibility index (Phi) is 5.36. The first kappa shape index (κ1) is 15.0. The summed E-state index contributed by atoms with van der Waals surface area (Å²) in [5, 5.41) is 11.8. The van der Waals surface area contributed by atoms with Crippen molar-refractivity contribution in [3.05, 3.63) is 29.3 Å². The summed E-state index contributed by atoms with van der Waals surface area (Å²) in [5.74, 6) is -0.861. The number of ether oxygens (including phenoxy) is 1. The molecule has 5 heteroatoms. The maximum absolute atomic E-state index is 11.4. The number of carboxylic acids is 1. The average Bonchev–Trinajstić information content (AvgIpc) is 2.29. The van der Waals surface area contributed by atoms with E-state index in [9.17, 15) is 9.59 Å². The Morgan fingerprint density at radius 3 is 2.63 bits per heavy atom. The first-order valence-corrected chi connectivity index (χ1v) is 6.16. The normalized spacial score (nSPS) is 10.3. The topological polar surface area (TPSA) is 75.6 Å². The van der Waals surface area contributed by atoms with Crippen LogP contribution in [0, 0.1) is 6.92 Å². The fourth-order valence-electron chi connectivity index (χ4n) is 1.58. The quantitative estimate of drug-likeness (QED) is 0.824. The van der Waals surface area contributed by atoms with E-state index >= 15 is 0 Å². The predicted octanol–water partition coefficient (Wildman–Crippen LogP) is 1.99. The lowest BCUT2D eigenvalue weighted by molar-refractivity contribution is -0.122. The van der Waals surface area contributed by atoms with E-state index in [4.69, 9.17) is 9.84 Å². The van der Waals surface area contributed by atoms with E-state index in [1.807, 2.05) is 20.8 Å². The highest BCUT2D eigenvalue weighted by Crippen LogP contribution is 2.20. The van der Waals surface area contributed by atoms with Crippen LogP contribution < -0.4 is 10.1 Å². The Morgan fingerprint density at radius 2 is 2.05 bits per heavy atom. The summed E-state index contributed by atoms with van der Waals surface area (Å²) < 4.78 is 5.36. The minimum Gasteiger partial charge on any atom is -0.492 e. The lowest BCUT2D eigenvalue weighted by Gasteiger charge is -2.11. The zero-order valence-corrected chi connectivity index (χ0v) is 11.4. The van der Waals surface area contributed by atoms with Gasteiger partial charge in [-0.25, -0.2) is 4.79 Å². The highest BCUT2D eigenvalue weighted by atomic mass is 16.5. The average molecular weight is 265 g/mol. The number of amides is 1. The van der Waals surface area contributed by atoms with Gasteiger partial charge in [-0.2, -0.15) is 0 Å². The summed E-state index contributed by atoms with van der Waals surface area (Å²) in [5.41, 5.74) is 0.964. The largest absolute Gasteiger partial charge is 0.492 e. The molecule has 1 rings (SSSR count). The molecule has 0 aliphatic rings. The smallest absolute Gasteiger partial charge is 0.339 e. The SMILES string of the molecule is Cc1ccc(OCCC(=O)NC(C)C)c(C(=O)O)c1. The van der Waals surface area contributed by atoms with Gasteiger partial charge in [0.2, 0.25) is 5.91 Å². The van der Waals surface area contributed by atoms with E-state index in [1.165, 1.54) is 0 Å². The third kappa shape index (κ3) is 4.99. The van der Waals surface area contributed by atoms with Gasteiger partial charge in [-0.1, -0.05) is 11.6 Å². The van der Waals surface area contributed by atoms with Crippen LogP contribution in [0.5, 0.6) is 5.75 Å². The van der Waals surface area contributed by atoms with E-state index in [2.05, 4.69) is 5.32 Å². The number of hydrogen-bond acceptors (Lipinski definition) is 3. The summed E-state index contributed by atoms with van der Waals surface area (Å²) in [6, 6.07) is 5.02. The molecule has 0 aliphatic carbocycles. The van der Waals surface area contributed by atoms with Gasteiger partial charge < -0.3 is 15.2 Å². The third-order valence-corrected chi connectivity index (χ3v) is 2.40. The number of carbonyl (C=O) groups is 2. The molecule has 5 nitrogen and oxygen atoms in total. The summed E-state index contributed by atoms with van der Waals surface area (Å²) >= 11 is 0. The van der Waals surface area contributed by atoms with Crippen LogP contribution in [-0.2, 0) is 4.79 Å². The molecule has 104 valence electrons. The Hall–Kier alpha value is -2.04. The molecule has 0 aromatic heterocycles. The zero-order valence-electron chi connectivity index (χ0n) is 11.4. The van der Waals surface area contributed by atoms with Gasteiger partial charge in [0.15, 0.2) is 0 Å². The van der Waals surface area contributed by atoms with Crippen molar-refractivity contribution in [1.29, 1.82) is 0 Å². The van der Waals surface area contributed by atoms with Crippen LogP contribution in [0.25, 0.3) is 0 Å². The van der Waals surface area contributed by atoms with Crippen molar-refractivity contribution in [2.45, 2.75) is 33.2 Å². The van der Waals surface area contributed by atoms with Crippen molar-refractivity contribution in [3.8, 4) is 5.75 Å². The molecule has 1 aromatic rings. The second-order valence-corrected chi connectivity index (χ2v) is 4.63. The molecule has 0 heterocycles. The van der Waals surface area contributed by atoms with Crippen molar-refractivity contribution in [3.63, 3.8) is 0 Å². The number of aryl methyl sites for hydroxylation is 1. The Balaban J connectivity index is 2.58. The van der Waals surface area contributed by atoms with Crippen LogP contribution >= 0.6 is 0 Å². The van der Waals surface area contributed by atoms with Gasteiger partial charge in [-0.15, -0.1) is 0 Å². The molecule has 1 aromatic carbocycles. The highest BCUT2D eigenvalue weighted by molar-refractivity contribution is 5.91. The van der Waals surface area contributed by atoms with Crippen LogP contribution in [0.1, 0.15) is 36.2 Å². The van der Waals surface area contributed by atoms with Gasteiger partial charge >= 0.3 is 5.97 Å². The molecular weight excluding hydrogens is 246 g/mol. The number of nitrogens with one attached hydrogen (secondary N) is 1. The minimum atomic E-state index is -1.04. The van der Waals surface area contributed by atoms with Crippen molar-refractivity contribution in [2.75, 3.05) is 6.61 Å². The van der Waals surface area contributed by atoms with Crippen molar-refractivity contribution in [1.82, 2.24) is 5.32 Å². The van der Waals surface area contributed by atoms with Crippen molar-refractivity contribution in [2.24, 2.45) is 0 Å². The number of carboxylic acid groups (broad SMARTS) is 1. The standard InChI is InChI=1S/C14H19NO4/c1-9(2)15-13(16)6-7-19-12-5-4-10(3)8-11(12)14(17)18/h4-5,8-9H,6-7H2,1-3H3,(H,15,16)(H,17,18). The number of aromatic carboxylic acids is 1. The van der Waals surface area contributed by atoms with Crippen LogP contribution in [0.15, 0.2) is 18.2 Å². The van der Waals surface area contributed by atoms with Crippen molar-refractivity contribution < 1.29 is 19.4 Å². The summed E-state index contributed by atoms with van der Waals surface area (Å²) in [7, 11) is 0. The van der Waals surface area contributed by atoms with E-state index in [1.54, 1.807) is 18.2 Å². The number of carbonyl (C=O) groups excluding carboxylic acids is 1. The molecule has 2 N–H and O–H groups in total. The fourth-order valence-corrected chi connectivity index (χ4v) is 1.58. The van der Waals surface area contributed by atoms with E-state index in [0.717, 1.165) is 5.56 Å². The summed E-state index contributed by atoms with van der Waals surface area (Å²) in [6.07, 6.45) is 0.200. The van der Waals surface area contributed by atoms with Gasteiger partial charge in [0.05, 0.1) is 13.0 Å². The molecule has 0 unspecified atom stereocenters. The van der Waals surface area contributed by atoms with E-state index in [0.29, 0.717) is 0 Å². The van der Waals surface area contributed by atoms with Gasteiger partial charge in [-0.05, 0) is 32.9 Å². The van der Waals surface area contributed by atoms with Gasteiger partial charge in [0.25, 0.3) is 0 Å². The lowest BCUT2D eigenvalue weighted by atomic mass is 10.1. The monoisotopic (exact) mass is 265 g/mol. The molecular formula is C14H19NO4. The first-order valence-electron chi connectivity index (χ1n) is 6.16. The molecule has 0 spiro atoms. The third-order valence-electron chi connectivity index (χ3n) is 2.40. The van der Waals surface area contributed by atoms with Crippen LogP contribution in [0.2, 0.25) is 0 Å². The molecule has 0 fully saturated rings. The van der Waals surface area contributed by atoms with Crippen molar-refractivity contribution >= 4 is 11.9 Å². The van der Waals surface area contributed by atoms with Crippen LogP contribution in [0.3, 0.4) is 0 Å². The van der Waals surface area contributed by atoms with Crippen LogP contribution in [-0.4, -0.2) is 29.6 Å². The highest BCUT2D eigenvalue weighted by Gasteiger charge is 2.12. The van der Waals surface area contributed by atoms with Gasteiger partial charge in [-0.3, -0.25) is 4.79 Å². The molecule has 0 atom stereocenters. The Bertz CT molecular complexity index is 469. The number of rotatable bonds is 6. The maximum Gasteiger partial charge on any atom is 0.339 e. The molecule has 0 bridgehead atoms. The Labute approximate surface area is 112 Å². The van der Waals surface area contributed by atoms with Crippen LogP contribution in [0.4, 0.5) is 0 Å². The zero-order chi connectivity index (χ0) is 14.4. The predicted molar refractivity (Wildman–Crippen MR) is 71.5 cm³/mol. The van der Waals surface area contributed by atoms with E-state index in [-0.39, 0.29) is 36.3 Å². The van der Waals surface area contributed by atoms with Gasteiger partial charge in [0.1, 0.15) is 11.3 Å². The molecule has 0 saturated carbocycles. The first-order chi connectivity index (χ1) is 8.90. The Morgan fingerprint density at radius 1 is 1.37 bits per heavy atom. The number of benzene rings is 1. The molecule has 19 heavy (non-hydrogen) atoms. The van der Waals surface area contributed by atoms with Gasteiger partial charge in [0, 0.05) is 6.04 Å². The van der Waals surface area contributed by atoms with E-state index < -0.39 is 5.97 Å². The summed E-state index contributed by atoms with van der Waals surface area (Å²) in [6.45, 7) is 5.72. The maximum atomic E-state index is 11.4. The second kappa shape index (κ2) is 6.78. The summed E-state index contributed by atoms with van der Waals surface area (Å²) in [4.78, 5) is 22.5. The minimum absolute atomic E-state index is 0.0847. The molecule has 0 radical (unpaired) electrons. The molecule has 0 aliphatic heterocycles. The number of hydrogen-bond donors (Lipinski definition) is 2. The second-order valence-electron chi connectivity index (χ2n) is 4.63. The molecule has 1 amide bonds. The molecule has 0 saturated heterocycles. The lowest BCUT2D eigenvalue weighted by Crippen LogP contribution is -2.31. The fraction of sp³-hybridized carbons (Fsp3) is 0.429.